The first-order valence-electron chi connectivity index (χ1n) is 7.37. The fourth-order valence-electron chi connectivity index (χ4n) is 2.11. The highest BCUT2D eigenvalue weighted by atomic mass is 35.5. The number of hydrogen-bond donors (Lipinski definition) is 2. The number of hydrogen-bond acceptors (Lipinski definition) is 6. The van der Waals surface area contributed by atoms with E-state index in [-0.39, 0.29) is 29.0 Å². The smallest absolute Gasteiger partial charge is 0.254 e. The van der Waals surface area contributed by atoms with Crippen molar-refractivity contribution in [3.8, 4) is 11.5 Å². The SMILES string of the molecule is CCOc1cc(/C=N\NC(=O)CN2CCOCC2)cc(Cl)c1O. The first kappa shape index (κ1) is 17.5. The van der Waals surface area contributed by atoms with Crippen molar-refractivity contribution in [1.82, 2.24) is 10.3 Å². The molecule has 1 heterocycles. The van der Waals surface area contributed by atoms with E-state index < -0.39 is 0 Å². The van der Waals surface area contributed by atoms with Gasteiger partial charge in [0, 0.05) is 13.1 Å². The van der Waals surface area contributed by atoms with Gasteiger partial charge in [0.05, 0.1) is 37.6 Å². The number of nitrogens with zero attached hydrogens (tertiary/aromatic N) is 2. The Morgan fingerprint density at radius 2 is 2.26 bits per heavy atom. The van der Waals surface area contributed by atoms with Gasteiger partial charge in [0.2, 0.25) is 0 Å². The molecule has 1 aromatic carbocycles. The average Bonchev–Trinajstić information content (AvgIpc) is 2.53. The number of nitrogens with one attached hydrogen (secondary N) is 1. The minimum absolute atomic E-state index is 0.109. The van der Waals surface area contributed by atoms with Crippen LogP contribution in [0.3, 0.4) is 0 Å². The summed E-state index contributed by atoms with van der Waals surface area (Å²) in [4.78, 5) is 13.8. The largest absolute Gasteiger partial charge is 0.503 e. The number of phenols is 1. The van der Waals surface area contributed by atoms with Crippen molar-refractivity contribution in [1.29, 1.82) is 0 Å². The molecule has 1 amide bonds. The second kappa shape index (κ2) is 8.71. The van der Waals surface area contributed by atoms with Crippen LogP contribution in [0, 0.1) is 0 Å². The van der Waals surface area contributed by atoms with E-state index in [2.05, 4.69) is 10.5 Å². The van der Waals surface area contributed by atoms with Crippen molar-refractivity contribution in [2.24, 2.45) is 5.10 Å². The molecule has 2 rings (SSSR count). The molecule has 1 aromatic rings. The summed E-state index contributed by atoms with van der Waals surface area (Å²) >= 11 is 5.93. The van der Waals surface area contributed by atoms with Gasteiger partial charge in [0.15, 0.2) is 11.5 Å². The van der Waals surface area contributed by atoms with Crippen molar-refractivity contribution >= 4 is 23.7 Å². The molecule has 126 valence electrons. The Hall–Kier alpha value is -1.83. The van der Waals surface area contributed by atoms with E-state index in [0.717, 1.165) is 13.1 Å². The minimum Gasteiger partial charge on any atom is -0.503 e. The summed E-state index contributed by atoms with van der Waals surface area (Å²) in [6, 6.07) is 3.14. The number of amides is 1. The third kappa shape index (κ3) is 5.38. The normalized spacial score (nSPS) is 15.7. The highest BCUT2D eigenvalue weighted by molar-refractivity contribution is 6.32. The van der Waals surface area contributed by atoms with Crippen LogP contribution in [0.4, 0.5) is 0 Å². The van der Waals surface area contributed by atoms with E-state index in [1.165, 1.54) is 12.3 Å². The van der Waals surface area contributed by atoms with Crippen LogP contribution in [0.1, 0.15) is 12.5 Å². The lowest BCUT2D eigenvalue weighted by Crippen LogP contribution is -2.42. The maximum atomic E-state index is 11.8. The second-order valence-corrected chi connectivity index (χ2v) is 5.37. The van der Waals surface area contributed by atoms with Gasteiger partial charge in [0.25, 0.3) is 5.91 Å². The number of morpholine rings is 1. The average molecular weight is 342 g/mol. The fraction of sp³-hybridized carbons (Fsp3) is 0.467. The monoisotopic (exact) mass is 341 g/mol. The molecule has 2 N–H and O–H groups in total. The number of halogens is 1. The summed E-state index contributed by atoms with van der Waals surface area (Å²) in [5.74, 6) is -0.0267. The molecule has 1 aliphatic heterocycles. The van der Waals surface area contributed by atoms with Gasteiger partial charge in [-0.2, -0.15) is 5.10 Å². The lowest BCUT2D eigenvalue weighted by molar-refractivity contribution is -0.123. The van der Waals surface area contributed by atoms with Gasteiger partial charge < -0.3 is 14.6 Å². The lowest BCUT2D eigenvalue weighted by Gasteiger charge is -2.25. The van der Waals surface area contributed by atoms with E-state index in [1.54, 1.807) is 13.0 Å². The molecule has 0 aromatic heterocycles. The molecule has 1 saturated heterocycles. The van der Waals surface area contributed by atoms with Gasteiger partial charge in [-0.25, -0.2) is 5.43 Å². The standard InChI is InChI=1S/C15H20ClN3O4/c1-2-23-13-8-11(7-12(16)15(13)21)9-17-18-14(20)10-19-3-5-22-6-4-19/h7-9,21H,2-6,10H2,1H3,(H,18,20)/b17-9-. The summed E-state index contributed by atoms with van der Waals surface area (Å²) in [6.07, 6.45) is 1.45. The Balaban J connectivity index is 1.90. The topological polar surface area (TPSA) is 83.4 Å². The van der Waals surface area contributed by atoms with Crippen molar-refractivity contribution in [3.63, 3.8) is 0 Å². The molecular weight excluding hydrogens is 322 g/mol. The molecule has 0 bridgehead atoms. The molecule has 0 spiro atoms. The predicted molar refractivity (Wildman–Crippen MR) is 87.3 cm³/mol. The maximum absolute atomic E-state index is 11.8. The maximum Gasteiger partial charge on any atom is 0.254 e. The Labute approximate surface area is 139 Å². The summed E-state index contributed by atoms with van der Waals surface area (Å²) in [7, 11) is 0. The number of carbonyl (C=O) groups is 1. The molecule has 7 nitrogen and oxygen atoms in total. The number of carbonyl (C=O) groups excluding carboxylic acids is 1. The van der Waals surface area contributed by atoms with Gasteiger partial charge in [-0.05, 0) is 24.6 Å². The lowest BCUT2D eigenvalue weighted by atomic mass is 10.2. The zero-order valence-corrected chi connectivity index (χ0v) is 13.7. The summed E-state index contributed by atoms with van der Waals surface area (Å²) in [5.41, 5.74) is 3.08. The van der Waals surface area contributed by atoms with Crippen LogP contribution < -0.4 is 10.2 Å². The molecule has 0 unspecified atom stereocenters. The summed E-state index contributed by atoms with van der Waals surface area (Å²) in [5, 5.41) is 13.8. The number of ether oxygens (including phenoxy) is 2. The third-order valence-corrected chi connectivity index (χ3v) is 3.51. The van der Waals surface area contributed by atoms with Gasteiger partial charge >= 0.3 is 0 Å². The van der Waals surface area contributed by atoms with Crippen molar-refractivity contribution in [2.45, 2.75) is 6.92 Å². The predicted octanol–water partition coefficient (Wildman–Crippen LogP) is 1.23. The summed E-state index contributed by atoms with van der Waals surface area (Å²) in [6.45, 7) is 5.25. The Bertz CT molecular complexity index is 574. The van der Waals surface area contributed by atoms with Crippen molar-refractivity contribution in [3.05, 3.63) is 22.7 Å². The van der Waals surface area contributed by atoms with Crippen molar-refractivity contribution in [2.75, 3.05) is 39.5 Å². The molecular formula is C15H20ClN3O4. The van der Waals surface area contributed by atoms with Crippen LogP contribution in [-0.4, -0.2) is 61.6 Å². The highest BCUT2D eigenvalue weighted by Crippen LogP contribution is 2.34. The third-order valence-electron chi connectivity index (χ3n) is 3.22. The van der Waals surface area contributed by atoms with E-state index in [1.807, 2.05) is 4.90 Å². The van der Waals surface area contributed by atoms with E-state index in [9.17, 15) is 9.90 Å². The first-order valence-corrected chi connectivity index (χ1v) is 7.75. The van der Waals surface area contributed by atoms with Crippen molar-refractivity contribution < 1.29 is 19.4 Å². The van der Waals surface area contributed by atoms with Gasteiger partial charge in [-0.1, -0.05) is 11.6 Å². The van der Waals surface area contributed by atoms with Gasteiger partial charge in [-0.15, -0.1) is 0 Å². The van der Waals surface area contributed by atoms with Crippen LogP contribution in [0.25, 0.3) is 0 Å². The second-order valence-electron chi connectivity index (χ2n) is 4.96. The first-order chi connectivity index (χ1) is 11.1. The Kier molecular flexibility index (Phi) is 6.64. The number of hydrazone groups is 1. The van der Waals surface area contributed by atoms with Crippen LogP contribution in [-0.2, 0) is 9.53 Å². The van der Waals surface area contributed by atoms with Gasteiger partial charge in [-0.3, -0.25) is 9.69 Å². The number of aromatic hydroxyl groups is 1. The van der Waals surface area contributed by atoms with Gasteiger partial charge in [0.1, 0.15) is 0 Å². The number of benzene rings is 1. The quantitative estimate of drug-likeness (QED) is 0.600. The van der Waals surface area contributed by atoms with E-state index in [4.69, 9.17) is 21.1 Å². The summed E-state index contributed by atoms with van der Waals surface area (Å²) < 4.78 is 10.5. The molecule has 1 aliphatic rings. The Morgan fingerprint density at radius 3 is 2.96 bits per heavy atom. The molecule has 0 aliphatic carbocycles. The molecule has 23 heavy (non-hydrogen) atoms. The highest BCUT2D eigenvalue weighted by Gasteiger charge is 2.13. The number of rotatable bonds is 6. The zero-order chi connectivity index (χ0) is 16.7. The minimum atomic E-state index is -0.196. The number of phenolic OH excluding ortho intramolecular Hbond substituents is 1. The van der Waals surface area contributed by atoms with Crippen LogP contribution in [0.2, 0.25) is 5.02 Å². The van der Waals surface area contributed by atoms with E-state index in [0.29, 0.717) is 25.4 Å². The molecule has 0 atom stereocenters. The molecule has 8 heteroatoms. The molecule has 0 saturated carbocycles. The molecule has 1 fully saturated rings. The fourth-order valence-corrected chi connectivity index (χ4v) is 2.33. The van der Waals surface area contributed by atoms with Crippen LogP contribution in [0.15, 0.2) is 17.2 Å². The Morgan fingerprint density at radius 1 is 1.52 bits per heavy atom. The zero-order valence-electron chi connectivity index (χ0n) is 12.9. The van der Waals surface area contributed by atoms with Crippen LogP contribution >= 0.6 is 11.6 Å². The van der Waals surface area contributed by atoms with Crippen LogP contribution in [0.5, 0.6) is 11.5 Å². The molecule has 0 radical (unpaired) electrons. The van der Waals surface area contributed by atoms with E-state index >= 15 is 0 Å².